The first-order valence-electron chi connectivity index (χ1n) is 10.9. The van der Waals surface area contributed by atoms with Gasteiger partial charge in [-0.1, -0.05) is 60.7 Å². The zero-order valence-electron chi connectivity index (χ0n) is 17.6. The van der Waals surface area contributed by atoms with E-state index in [4.69, 9.17) is 9.40 Å². The van der Waals surface area contributed by atoms with Gasteiger partial charge < -0.3 is 9.73 Å². The molecule has 0 spiro atoms. The Hall–Kier alpha value is -4.64. The molecule has 0 radical (unpaired) electrons. The zero-order chi connectivity index (χ0) is 21.8. The van der Waals surface area contributed by atoms with Gasteiger partial charge in [0.15, 0.2) is 11.6 Å². The van der Waals surface area contributed by atoms with Crippen molar-refractivity contribution < 1.29 is 4.42 Å². The minimum absolute atomic E-state index is 0.742. The number of benzene rings is 3. The Bertz CT molecular complexity index is 1610. The van der Waals surface area contributed by atoms with Crippen molar-refractivity contribution in [1.29, 1.82) is 0 Å². The summed E-state index contributed by atoms with van der Waals surface area (Å²) in [5.74, 6) is 2.38. The van der Waals surface area contributed by atoms with E-state index in [-0.39, 0.29) is 0 Å². The second-order valence-corrected chi connectivity index (χ2v) is 8.02. The lowest BCUT2D eigenvalue weighted by Gasteiger charge is -2.13. The van der Waals surface area contributed by atoms with Crippen molar-refractivity contribution in [2.24, 2.45) is 0 Å². The van der Waals surface area contributed by atoms with Gasteiger partial charge in [0, 0.05) is 22.7 Å². The summed E-state index contributed by atoms with van der Waals surface area (Å²) in [6.07, 6.45) is 1.80. The molecule has 156 valence electrons. The number of hydrogen-bond acceptors (Lipinski definition) is 4. The molecule has 0 unspecified atom stereocenters. The Morgan fingerprint density at radius 2 is 1.61 bits per heavy atom. The molecular weight excluding hydrogens is 408 g/mol. The number of rotatable bonds is 2. The number of pyridine rings is 1. The van der Waals surface area contributed by atoms with Crippen molar-refractivity contribution in [2.75, 3.05) is 5.32 Å². The van der Waals surface area contributed by atoms with Crippen LogP contribution in [0.4, 0.5) is 11.5 Å². The van der Waals surface area contributed by atoms with E-state index < -0.39 is 0 Å². The fourth-order valence-corrected chi connectivity index (χ4v) is 4.56. The summed E-state index contributed by atoms with van der Waals surface area (Å²) in [6.45, 7) is 0. The molecule has 3 aromatic carbocycles. The highest BCUT2D eigenvalue weighted by atomic mass is 16.3. The molecule has 1 aliphatic rings. The average molecular weight is 426 g/mol. The standard InChI is InChI=1S/C28H18N4O/c1-2-9-18(10-3-1)26-25(24-17-19-11-4-7-15-23(19)33-24)31-28-20-12-5-6-13-21(20)30-27-22(32(26)28)14-8-16-29-27/h1-17H,(H,29,30). The predicted octanol–water partition coefficient (Wildman–Crippen LogP) is 7.07. The van der Waals surface area contributed by atoms with E-state index in [2.05, 4.69) is 57.3 Å². The first kappa shape index (κ1) is 18.0. The number of hydrogen-bond donors (Lipinski definition) is 1. The van der Waals surface area contributed by atoms with Gasteiger partial charge in [0.2, 0.25) is 0 Å². The Morgan fingerprint density at radius 1 is 0.788 bits per heavy atom. The fraction of sp³-hybridized carbons (Fsp3) is 0. The number of anilines is 2. The van der Waals surface area contributed by atoms with Crippen molar-refractivity contribution in [2.45, 2.75) is 0 Å². The third kappa shape index (κ3) is 2.72. The van der Waals surface area contributed by atoms with Crippen LogP contribution >= 0.6 is 0 Å². The van der Waals surface area contributed by atoms with Crippen LogP contribution < -0.4 is 5.32 Å². The van der Waals surface area contributed by atoms with E-state index in [1.165, 1.54) is 0 Å². The molecule has 0 fully saturated rings. The van der Waals surface area contributed by atoms with Crippen molar-refractivity contribution in [3.63, 3.8) is 0 Å². The van der Waals surface area contributed by atoms with Gasteiger partial charge in [-0.2, -0.15) is 0 Å². The smallest absolute Gasteiger partial charge is 0.156 e. The summed E-state index contributed by atoms with van der Waals surface area (Å²) in [4.78, 5) is 9.84. The van der Waals surface area contributed by atoms with Gasteiger partial charge in [-0.3, -0.25) is 4.57 Å². The maximum absolute atomic E-state index is 6.29. The molecule has 0 aliphatic carbocycles. The second-order valence-electron chi connectivity index (χ2n) is 8.02. The molecule has 1 aliphatic heterocycles. The zero-order valence-corrected chi connectivity index (χ0v) is 17.6. The molecule has 7 rings (SSSR count). The van der Waals surface area contributed by atoms with Gasteiger partial charge >= 0.3 is 0 Å². The summed E-state index contributed by atoms with van der Waals surface area (Å²) >= 11 is 0. The van der Waals surface area contributed by atoms with Crippen molar-refractivity contribution in [3.8, 4) is 39.8 Å². The lowest BCUT2D eigenvalue weighted by atomic mass is 10.1. The van der Waals surface area contributed by atoms with Crippen LogP contribution in [0.3, 0.4) is 0 Å². The van der Waals surface area contributed by atoms with Crippen LogP contribution in [0.15, 0.2) is 108 Å². The molecule has 0 atom stereocenters. The summed E-state index contributed by atoms with van der Waals surface area (Å²) in [7, 11) is 0. The molecule has 0 bridgehead atoms. The molecule has 0 saturated carbocycles. The lowest BCUT2D eigenvalue weighted by molar-refractivity contribution is 0.629. The third-order valence-electron chi connectivity index (χ3n) is 6.03. The van der Waals surface area contributed by atoms with Crippen LogP contribution in [-0.2, 0) is 0 Å². The molecule has 5 heteroatoms. The van der Waals surface area contributed by atoms with Gasteiger partial charge in [-0.25, -0.2) is 9.97 Å². The van der Waals surface area contributed by atoms with Crippen LogP contribution in [0.2, 0.25) is 0 Å². The number of nitrogens with one attached hydrogen (secondary N) is 1. The molecule has 1 N–H and O–H groups in total. The number of fused-ring (bicyclic) bond motifs is 6. The van der Waals surface area contributed by atoms with E-state index >= 15 is 0 Å². The summed E-state index contributed by atoms with van der Waals surface area (Å²) in [5, 5.41) is 4.55. The number of furan rings is 1. The largest absolute Gasteiger partial charge is 0.454 e. The first-order chi connectivity index (χ1) is 16.4. The van der Waals surface area contributed by atoms with E-state index in [1.807, 2.05) is 54.6 Å². The Kier molecular flexibility index (Phi) is 3.78. The highest BCUT2D eigenvalue weighted by Gasteiger charge is 2.28. The number of aromatic nitrogens is 3. The monoisotopic (exact) mass is 426 g/mol. The summed E-state index contributed by atoms with van der Waals surface area (Å²) < 4.78 is 8.49. The molecular formula is C28H18N4O. The summed E-state index contributed by atoms with van der Waals surface area (Å²) in [5.41, 5.74) is 6.60. The van der Waals surface area contributed by atoms with E-state index in [0.717, 1.165) is 62.3 Å². The maximum Gasteiger partial charge on any atom is 0.156 e. The molecule has 33 heavy (non-hydrogen) atoms. The van der Waals surface area contributed by atoms with Crippen LogP contribution in [0.5, 0.6) is 0 Å². The minimum atomic E-state index is 0.742. The van der Waals surface area contributed by atoms with Gasteiger partial charge in [-0.05, 0) is 36.4 Å². The normalized spacial score (nSPS) is 11.9. The van der Waals surface area contributed by atoms with E-state index in [0.29, 0.717) is 0 Å². The summed E-state index contributed by atoms with van der Waals surface area (Å²) in [6, 6.07) is 32.7. The molecule has 4 heterocycles. The Balaban J connectivity index is 1.63. The number of nitrogens with zero attached hydrogens (tertiary/aromatic N) is 3. The van der Waals surface area contributed by atoms with Gasteiger partial charge in [0.05, 0.1) is 17.1 Å². The molecule has 0 saturated heterocycles. The fourth-order valence-electron chi connectivity index (χ4n) is 4.56. The van der Waals surface area contributed by atoms with Crippen LogP contribution in [-0.4, -0.2) is 14.5 Å². The van der Waals surface area contributed by atoms with Crippen molar-refractivity contribution in [1.82, 2.24) is 14.5 Å². The van der Waals surface area contributed by atoms with E-state index in [1.54, 1.807) is 6.20 Å². The van der Waals surface area contributed by atoms with E-state index in [9.17, 15) is 0 Å². The highest BCUT2D eigenvalue weighted by molar-refractivity contribution is 5.92. The topological polar surface area (TPSA) is 55.9 Å². The highest BCUT2D eigenvalue weighted by Crippen LogP contribution is 2.44. The second kappa shape index (κ2) is 6.93. The Labute approximate surface area is 190 Å². The van der Waals surface area contributed by atoms with Gasteiger partial charge in [0.1, 0.15) is 17.1 Å². The Morgan fingerprint density at radius 3 is 2.52 bits per heavy atom. The number of para-hydroxylation sites is 2. The van der Waals surface area contributed by atoms with Gasteiger partial charge in [0.25, 0.3) is 0 Å². The number of imidazole rings is 1. The molecule has 0 amide bonds. The first-order valence-corrected chi connectivity index (χ1v) is 10.9. The predicted molar refractivity (Wildman–Crippen MR) is 131 cm³/mol. The van der Waals surface area contributed by atoms with Gasteiger partial charge in [-0.15, -0.1) is 0 Å². The minimum Gasteiger partial charge on any atom is -0.454 e. The molecule has 6 aromatic rings. The molecule has 3 aromatic heterocycles. The maximum atomic E-state index is 6.29. The van der Waals surface area contributed by atoms with Crippen molar-refractivity contribution in [3.05, 3.63) is 103 Å². The SMILES string of the molecule is c1ccc(-c2c(-c3cc4ccccc4o3)nc3n2-c2cccnc2Nc2ccccc2-3)cc1. The molecule has 5 nitrogen and oxygen atoms in total. The van der Waals surface area contributed by atoms with Crippen LogP contribution in [0.25, 0.3) is 50.8 Å². The van der Waals surface area contributed by atoms with Crippen LogP contribution in [0, 0.1) is 0 Å². The average Bonchev–Trinajstić information content (AvgIpc) is 3.44. The van der Waals surface area contributed by atoms with Crippen molar-refractivity contribution >= 4 is 22.5 Å². The lowest BCUT2D eigenvalue weighted by Crippen LogP contribution is -2.01. The quantitative estimate of drug-likeness (QED) is 0.321. The van der Waals surface area contributed by atoms with Crippen LogP contribution in [0.1, 0.15) is 0 Å². The third-order valence-corrected chi connectivity index (χ3v) is 6.03.